The third kappa shape index (κ3) is 2.73. The van der Waals surface area contributed by atoms with Gasteiger partial charge in [-0.1, -0.05) is 40.2 Å². The molecule has 0 atom stereocenters. The lowest BCUT2D eigenvalue weighted by Crippen LogP contribution is -2.42. The van der Waals surface area contributed by atoms with E-state index in [1.54, 1.807) is 0 Å². The quantitative estimate of drug-likeness (QED) is 0.798. The van der Waals surface area contributed by atoms with E-state index >= 15 is 0 Å². The standard InChI is InChI=1S/C15H19BrN2/c1-15(2,11-16)18(3)10-13-7-4-6-12-8-5-9-17-14(12)13/h4-9H,10-11H2,1-3H3. The number of para-hydroxylation sites is 1. The monoisotopic (exact) mass is 306 g/mol. The fraction of sp³-hybridized carbons (Fsp3) is 0.400. The van der Waals surface area contributed by atoms with E-state index in [1.165, 1.54) is 10.9 Å². The van der Waals surface area contributed by atoms with Crippen molar-refractivity contribution in [1.29, 1.82) is 0 Å². The number of hydrogen-bond acceptors (Lipinski definition) is 2. The molecule has 1 aromatic carbocycles. The highest BCUT2D eigenvalue weighted by molar-refractivity contribution is 9.09. The molecule has 2 rings (SSSR count). The minimum absolute atomic E-state index is 0.136. The summed E-state index contributed by atoms with van der Waals surface area (Å²) in [5, 5.41) is 2.16. The number of alkyl halides is 1. The van der Waals surface area contributed by atoms with Gasteiger partial charge in [0.1, 0.15) is 0 Å². The van der Waals surface area contributed by atoms with E-state index in [2.05, 4.69) is 71.0 Å². The van der Waals surface area contributed by atoms with Gasteiger partial charge in [-0.3, -0.25) is 9.88 Å². The molecule has 0 radical (unpaired) electrons. The van der Waals surface area contributed by atoms with Gasteiger partial charge in [0.15, 0.2) is 0 Å². The Labute approximate surface area is 117 Å². The van der Waals surface area contributed by atoms with E-state index in [1.807, 2.05) is 12.3 Å². The molecule has 2 nitrogen and oxygen atoms in total. The van der Waals surface area contributed by atoms with Crippen LogP contribution >= 0.6 is 15.9 Å². The summed E-state index contributed by atoms with van der Waals surface area (Å²) in [6.07, 6.45) is 1.86. The second kappa shape index (κ2) is 5.37. The molecule has 0 N–H and O–H groups in total. The Morgan fingerprint density at radius 2 is 1.94 bits per heavy atom. The number of aromatic nitrogens is 1. The zero-order chi connectivity index (χ0) is 13.2. The topological polar surface area (TPSA) is 16.1 Å². The molecule has 0 fully saturated rings. The molecule has 96 valence electrons. The molecule has 0 bridgehead atoms. The molecule has 0 aliphatic carbocycles. The molecule has 0 saturated heterocycles. The maximum Gasteiger partial charge on any atom is 0.0746 e. The van der Waals surface area contributed by atoms with Crippen LogP contribution in [0.15, 0.2) is 36.5 Å². The Morgan fingerprint density at radius 3 is 2.67 bits per heavy atom. The zero-order valence-electron chi connectivity index (χ0n) is 11.2. The van der Waals surface area contributed by atoms with Crippen molar-refractivity contribution in [3.8, 4) is 0 Å². The van der Waals surface area contributed by atoms with Gasteiger partial charge in [0, 0.05) is 29.0 Å². The fourth-order valence-electron chi connectivity index (χ4n) is 1.87. The van der Waals surface area contributed by atoms with Gasteiger partial charge >= 0.3 is 0 Å². The van der Waals surface area contributed by atoms with Gasteiger partial charge in [-0.2, -0.15) is 0 Å². The number of hydrogen-bond donors (Lipinski definition) is 0. The van der Waals surface area contributed by atoms with Gasteiger partial charge < -0.3 is 0 Å². The van der Waals surface area contributed by atoms with Gasteiger partial charge in [-0.05, 0) is 32.5 Å². The minimum atomic E-state index is 0.136. The Bertz CT molecular complexity index is 532. The number of fused-ring (bicyclic) bond motifs is 1. The van der Waals surface area contributed by atoms with Crippen molar-refractivity contribution in [3.05, 3.63) is 42.1 Å². The van der Waals surface area contributed by atoms with Gasteiger partial charge in [0.05, 0.1) is 5.52 Å². The molecular weight excluding hydrogens is 288 g/mol. The first-order valence-electron chi connectivity index (χ1n) is 6.14. The summed E-state index contributed by atoms with van der Waals surface area (Å²) in [5.74, 6) is 0. The lowest BCUT2D eigenvalue weighted by Gasteiger charge is -2.34. The summed E-state index contributed by atoms with van der Waals surface area (Å²) in [6.45, 7) is 5.38. The summed E-state index contributed by atoms with van der Waals surface area (Å²) in [5.41, 5.74) is 2.53. The molecule has 0 unspecified atom stereocenters. The number of benzene rings is 1. The summed E-state index contributed by atoms with van der Waals surface area (Å²) < 4.78 is 0. The number of halogens is 1. The summed E-state index contributed by atoms with van der Waals surface area (Å²) in [6, 6.07) is 10.5. The van der Waals surface area contributed by atoms with Crippen LogP contribution in [-0.4, -0.2) is 27.8 Å². The molecule has 0 aliphatic rings. The maximum atomic E-state index is 4.50. The van der Waals surface area contributed by atoms with Crippen LogP contribution in [0.25, 0.3) is 10.9 Å². The summed E-state index contributed by atoms with van der Waals surface area (Å²) in [4.78, 5) is 6.86. The lowest BCUT2D eigenvalue weighted by molar-refractivity contribution is 0.174. The normalized spacial score (nSPS) is 12.3. The molecular formula is C15H19BrN2. The first kappa shape index (κ1) is 13.5. The van der Waals surface area contributed by atoms with E-state index in [-0.39, 0.29) is 5.54 Å². The fourth-order valence-corrected chi connectivity index (χ4v) is 2.29. The molecule has 0 saturated carbocycles. The van der Waals surface area contributed by atoms with Crippen LogP contribution in [0.3, 0.4) is 0 Å². The van der Waals surface area contributed by atoms with Gasteiger partial charge in [-0.15, -0.1) is 0 Å². The smallest absolute Gasteiger partial charge is 0.0746 e. The van der Waals surface area contributed by atoms with Crippen molar-refractivity contribution >= 4 is 26.8 Å². The van der Waals surface area contributed by atoms with Crippen molar-refractivity contribution in [1.82, 2.24) is 9.88 Å². The van der Waals surface area contributed by atoms with Crippen molar-refractivity contribution in [3.63, 3.8) is 0 Å². The molecule has 1 aromatic heterocycles. The summed E-state index contributed by atoms with van der Waals surface area (Å²) in [7, 11) is 2.16. The van der Waals surface area contributed by atoms with E-state index in [0.29, 0.717) is 0 Å². The predicted molar refractivity (Wildman–Crippen MR) is 81.1 cm³/mol. The first-order valence-corrected chi connectivity index (χ1v) is 7.26. The number of nitrogens with zero attached hydrogens (tertiary/aromatic N) is 2. The Morgan fingerprint density at radius 1 is 1.22 bits per heavy atom. The van der Waals surface area contributed by atoms with Gasteiger partial charge in [-0.25, -0.2) is 0 Å². The third-order valence-electron chi connectivity index (χ3n) is 3.48. The van der Waals surface area contributed by atoms with Crippen molar-refractivity contribution in [2.75, 3.05) is 12.4 Å². The Kier molecular flexibility index (Phi) is 4.03. The third-order valence-corrected chi connectivity index (χ3v) is 4.86. The lowest BCUT2D eigenvalue weighted by atomic mass is 10.0. The second-order valence-electron chi connectivity index (χ2n) is 5.29. The van der Waals surface area contributed by atoms with Crippen LogP contribution in [0.2, 0.25) is 0 Å². The minimum Gasteiger partial charge on any atom is -0.296 e. The predicted octanol–water partition coefficient (Wildman–Crippen LogP) is 3.84. The molecule has 3 heteroatoms. The van der Waals surface area contributed by atoms with E-state index < -0.39 is 0 Å². The van der Waals surface area contributed by atoms with Gasteiger partial charge in [0.2, 0.25) is 0 Å². The van der Waals surface area contributed by atoms with Crippen LogP contribution in [0.1, 0.15) is 19.4 Å². The number of pyridine rings is 1. The SMILES string of the molecule is CN(Cc1cccc2cccnc12)C(C)(C)CBr. The highest BCUT2D eigenvalue weighted by Gasteiger charge is 2.22. The van der Waals surface area contributed by atoms with Crippen LogP contribution < -0.4 is 0 Å². The molecule has 18 heavy (non-hydrogen) atoms. The highest BCUT2D eigenvalue weighted by atomic mass is 79.9. The van der Waals surface area contributed by atoms with Gasteiger partial charge in [0.25, 0.3) is 0 Å². The second-order valence-corrected chi connectivity index (χ2v) is 5.86. The number of rotatable bonds is 4. The van der Waals surface area contributed by atoms with Crippen LogP contribution in [0, 0.1) is 0 Å². The molecule has 2 aromatic rings. The first-order chi connectivity index (χ1) is 8.54. The van der Waals surface area contributed by atoms with Crippen LogP contribution in [0.5, 0.6) is 0 Å². The van der Waals surface area contributed by atoms with Crippen LogP contribution in [-0.2, 0) is 6.54 Å². The van der Waals surface area contributed by atoms with Crippen molar-refractivity contribution < 1.29 is 0 Å². The Hall–Kier alpha value is -0.930. The highest BCUT2D eigenvalue weighted by Crippen LogP contribution is 2.22. The van der Waals surface area contributed by atoms with Crippen molar-refractivity contribution in [2.45, 2.75) is 25.9 Å². The average Bonchev–Trinajstić information content (AvgIpc) is 2.39. The summed E-state index contributed by atoms with van der Waals surface area (Å²) >= 11 is 3.58. The molecule has 0 aliphatic heterocycles. The molecule has 1 heterocycles. The Balaban J connectivity index is 2.32. The largest absolute Gasteiger partial charge is 0.296 e. The van der Waals surface area contributed by atoms with E-state index in [9.17, 15) is 0 Å². The van der Waals surface area contributed by atoms with E-state index in [4.69, 9.17) is 0 Å². The molecule has 0 amide bonds. The maximum absolute atomic E-state index is 4.50. The van der Waals surface area contributed by atoms with E-state index in [0.717, 1.165) is 17.4 Å². The zero-order valence-corrected chi connectivity index (χ0v) is 12.7. The average molecular weight is 307 g/mol. The molecule has 0 spiro atoms. The van der Waals surface area contributed by atoms with Crippen molar-refractivity contribution in [2.24, 2.45) is 0 Å². The van der Waals surface area contributed by atoms with Crippen LogP contribution in [0.4, 0.5) is 0 Å².